The maximum absolute atomic E-state index is 11.9. The first kappa shape index (κ1) is 11.0. The van der Waals surface area contributed by atoms with Crippen molar-refractivity contribution >= 4 is 11.2 Å². The average Bonchev–Trinajstić information content (AvgIpc) is 2.73. The van der Waals surface area contributed by atoms with Crippen molar-refractivity contribution in [2.45, 2.75) is 6.10 Å². The second-order valence-corrected chi connectivity index (χ2v) is 4.34. The van der Waals surface area contributed by atoms with Crippen molar-refractivity contribution < 1.29 is 4.74 Å². The van der Waals surface area contributed by atoms with Crippen molar-refractivity contribution in [2.24, 2.45) is 14.1 Å². The van der Waals surface area contributed by atoms with E-state index < -0.39 is 11.2 Å². The van der Waals surface area contributed by atoms with Gasteiger partial charge in [-0.3, -0.25) is 13.9 Å². The van der Waals surface area contributed by atoms with Crippen molar-refractivity contribution in [3.05, 3.63) is 20.8 Å². The van der Waals surface area contributed by atoms with Crippen LogP contribution in [0.3, 0.4) is 0 Å². The predicted molar refractivity (Wildman–Crippen MR) is 63.9 cm³/mol. The molecule has 2 N–H and O–H groups in total. The fourth-order valence-electron chi connectivity index (χ4n) is 1.86. The lowest BCUT2D eigenvalue weighted by molar-refractivity contribution is 0.131. The van der Waals surface area contributed by atoms with Gasteiger partial charge in [-0.2, -0.15) is 4.98 Å². The van der Waals surface area contributed by atoms with E-state index in [1.54, 1.807) is 7.05 Å². The smallest absolute Gasteiger partial charge is 0.332 e. The normalized spacial score (nSPS) is 15.9. The molecule has 0 bridgehead atoms. The van der Waals surface area contributed by atoms with Gasteiger partial charge in [0.1, 0.15) is 6.10 Å². The quantitative estimate of drug-likeness (QED) is 0.664. The Morgan fingerprint density at radius 3 is 2.61 bits per heavy atom. The van der Waals surface area contributed by atoms with Crippen molar-refractivity contribution in [2.75, 3.05) is 13.1 Å². The van der Waals surface area contributed by atoms with Crippen LogP contribution in [0.5, 0.6) is 6.01 Å². The number of aromatic amines is 1. The first-order chi connectivity index (χ1) is 8.58. The molecule has 8 heteroatoms. The summed E-state index contributed by atoms with van der Waals surface area (Å²) in [4.78, 5) is 30.6. The van der Waals surface area contributed by atoms with E-state index in [0.29, 0.717) is 5.65 Å². The number of ether oxygens (including phenoxy) is 1. The molecular weight excluding hydrogens is 238 g/mol. The minimum atomic E-state index is -0.407. The number of aryl methyl sites for hydroxylation is 1. The van der Waals surface area contributed by atoms with E-state index in [0.717, 1.165) is 17.7 Å². The highest BCUT2D eigenvalue weighted by atomic mass is 16.5. The Morgan fingerprint density at radius 1 is 1.28 bits per heavy atom. The number of rotatable bonds is 2. The van der Waals surface area contributed by atoms with Gasteiger partial charge in [0.05, 0.1) is 0 Å². The van der Waals surface area contributed by atoms with Gasteiger partial charge in [-0.25, -0.2) is 4.79 Å². The Bertz CT molecular complexity index is 721. The summed E-state index contributed by atoms with van der Waals surface area (Å²) in [5, 5.41) is 3.07. The third kappa shape index (κ3) is 1.46. The molecule has 1 fully saturated rings. The largest absolute Gasteiger partial charge is 0.459 e. The van der Waals surface area contributed by atoms with Gasteiger partial charge in [-0.1, -0.05) is 0 Å². The van der Waals surface area contributed by atoms with Crippen molar-refractivity contribution in [1.29, 1.82) is 0 Å². The molecule has 0 aromatic carbocycles. The fourth-order valence-corrected chi connectivity index (χ4v) is 1.86. The van der Waals surface area contributed by atoms with Crippen LogP contribution in [0.15, 0.2) is 9.59 Å². The SMILES string of the molecule is Cn1c(=O)c2[nH]c(OC3CNC3)nc2n(C)c1=O. The van der Waals surface area contributed by atoms with Gasteiger partial charge < -0.3 is 15.0 Å². The number of aromatic nitrogens is 4. The highest BCUT2D eigenvalue weighted by Gasteiger charge is 2.21. The molecule has 1 aliphatic heterocycles. The van der Waals surface area contributed by atoms with Gasteiger partial charge in [-0.15, -0.1) is 0 Å². The van der Waals surface area contributed by atoms with Crippen molar-refractivity contribution in [1.82, 2.24) is 24.4 Å². The minimum absolute atomic E-state index is 0.0615. The van der Waals surface area contributed by atoms with Crippen LogP contribution in [-0.2, 0) is 14.1 Å². The molecule has 2 aromatic rings. The Kier molecular flexibility index (Phi) is 2.27. The van der Waals surface area contributed by atoms with Gasteiger partial charge in [0.15, 0.2) is 11.2 Å². The first-order valence-electron chi connectivity index (χ1n) is 5.61. The zero-order valence-corrected chi connectivity index (χ0v) is 10.1. The standard InChI is InChI=1S/C10H13N5O3/c1-14-7-6(8(16)15(2)10(14)17)12-9(13-7)18-5-3-11-4-5/h5,11H,3-4H2,1-2H3,(H,12,13). The predicted octanol–water partition coefficient (Wildman–Crippen LogP) is -1.69. The number of hydrogen-bond donors (Lipinski definition) is 2. The van der Waals surface area contributed by atoms with E-state index in [1.807, 2.05) is 0 Å². The lowest BCUT2D eigenvalue weighted by Crippen LogP contribution is -2.50. The van der Waals surface area contributed by atoms with Crippen LogP contribution < -0.4 is 21.3 Å². The molecule has 0 unspecified atom stereocenters. The molecule has 0 aliphatic carbocycles. The van der Waals surface area contributed by atoms with E-state index in [9.17, 15) is 9.59 Å². The molecule has 0 amide bonds. The van der Waals surface area contributed by atoms with E-state index in [1.165, 1.54) is 11.6 Å². The molecule has 0 spiro atoms. The van der Waals surface area contributed by atoms with Crippen LogP contribution in [-0.4, -0.2) is 38.3 Å². The molecule has 96 valence electrons. The molecule has 1 aliphatic rings. The van der Waals surface area contributed by atoms with Gasteiger partial charge >= 0.3 is 5.69 Å². The zero-order chi connectivity index (χ0) is 12.9. The molecule has 0 radical (unpaired) electrons. The minimum Gasteiger partial charge on any atom is -0.459 e. The Labute approximate surface area is 101 Å². The van der Waals surface area contributed by atoms with Gasteiger partial charge in [0, 0.05) is 27.2 Å². The number of imidazole rings is 1. The second kappa shape index (κ2) is 3.70. The van der Waals surface area contributed by atoms with Crippen molar-refractivity contribution in [3.63, 3.8) is 0 Å². The van der Waals surface area contributed by atoms with Gasteiger partial charge in [0.2, 0.25) is 0 Å². The van der Waals surface area contributed by atoms with E-state index >= 15 is 0 Å². The third-order valence-corrected chi connectivity index (χ3v) is 3.10. The second-order valence-electron chi connectivity index (χ2n) is 4.34. The molecule has 8 nitrogen and oxygen atoms in total. The van der Waals surface area contributed by atoms with Crippen molar-refractivity contribution in [3.8, 4) is 6.01 Å². The lowest BCUT2D eigenvalue weighted by atomic mass is 10.2. The summed E-state index contributed by atoms with van der Waals surface area (Å²) < 4.78 is 7.89. The summed E-state index contributed by atoms with van der Waals surface area (Å²) in [6.07, 6.45) is 0.0615. The van der Waals surface area contributed by atoms with Gasteiger partial charge in [0.25, 0.3) is 11.6 Å². The number of nitrogens with zero attached hydrogens (tertiary/aromatic N) is 3. The number of nitrogens with one attached hydrogen (secondary N) is 2. The van der Waals surface area contributed by atoms with Crippen LogP contribution in [0, 0.1) is 0 Å². The molecule has 1 saturated heterocycles. The summed E-state index contributed by atoms with van der Waals surface area (Å²) in [7, 11) is 3.00. The molecule has 18 heavy (non-hydrogen) atoms. The van der Waals surface area contributed by atoms with Crippen LogP contribution in [0.25, 0.3) is 11.2 Å². The summed E-state index contributed by atoms with van der Waals surface area (Å²) in [5.41, 5.74) is -0.217. The zero-order valence-electron chi connectivity index (χ0n) is 10.1. The molecule has 2 aromatic heterocycles. The topological polar surface area (TPSA) is 93.9 Å². The number of fused-ring (bicyclic) bond motifs is 1. The molecule has 0 saturated carbocycles. The third-order valence-electron chi connectivity index (χ3n) is 3.10. The highest BCUT2D eigenvalue weighted by molar-refractivity contribution is 5.70. The van der Waals surface area contributed by atoms with Crippen LogP contribution in [0.4, 0.5) is 0 Å². The molecular formula is C10H13N5O3. The number of H-pyrrole nitrogens is 1. The average molecular weight is 251 g/mol. The van der Waals surface area contributed by atoms with E-state index in [-0.39, 0.29) is 17.6 Å². The monoisotopic (exact) mass is 251 g/mol. The van der Waals surface area contributed by atoms with E-state index in [2.05, 4.69) is 15.3 Å². The Morgan fingerprint density at radius 2 is 2.00 bits per heavy atom. The van der Waals surface area contributed by atoms with Crippen LogP contribution in [0.1, 0.15) is 0 Å². The Balaban J connectivity index is 2.16. The first-order valence-corrected chi connectivity index (χ1v) is 5.61. The summed E-state index contributed by atoms with van der Waals surface area (Å²) in [6, 6.07) is 0.273. The fraction of sp³-hybridized carbons (Fsp3) is 0.500. The summed E-state index contributed by atoms with van der Waals surface area (Å²) >= 11 is 0. The molecule has 3 rings (SSSR count). The maximum Gasteiger partial charge on any atom is 0.332 e. The summed E-state index contributed by atoms with van der Waals surface area (Å²) in [5.74, 6) is 0. The molecule has 3 heterocycles. The number of hydrogen-bond acceptors (Lipinski definition) is 5. The summed E-state index contributed by atoms with van der Waals surface area (Å²) in [6.45, 7) is 1.52. The van der Waals surface area contributed by atoms with Crippen LogP contribution in [0.2, 0.25) is 0 Å². The van der Waals surface area contributed by atoms with Gasteiger partial charge in [-0.05, 0) is 0 Å². The highest BCUT2D eigenvalue weighted by Crippen LogP contribution is 2.13. The molecule has 0 atom stereocenters. The lowest BCUT2D eigenvalue weighted by Gasteiger charge is -2.26. The maximum atomic E-state index is 11.9. The van der Waals surface area contributed by atoms with Crippen LogP contribution >= 0.6 is 0 Å². The Hall–Kier alpha value is -2.09. The van der Waals surface area contributed by atoms with E-state index in [4.69, 9.17) is 4.74 Å².